The Kier molecular flexibility index (Phi) is 3.71. The molecule has 1 saturated carbocycles. The molecule has 1 aliphatic carbocycles. The predicted octanol–water partition coefficient (Wildman–Crippen LogP) is 3.23. The minimum Gasteiger partial charge on any atom is -0.444 e. The quantitative estimate of drug-likeness (QED) is 0.861. The van der Waals surface area contributed by atoms with Crippen molar-refractivity contribution in [1.29, 1.82) is 0 Å². The van der Waals surface area contributed by atoms with E-state index in [1.165, 1.54) is 5.56 Å². The van der Waals surface area contributed by atoms with Crippen LogP contribution in [-0.2, 0) is 9.53 Å². The van der Waals surface area contributed by atoms with Crippen molar-refractivity contribution >= 4 is 11.9 Å². The van der Waals surface area contributed by atoms with Crippen LogP contribution in [0.4, 0.5) is 4.79 Å². The molecule has 0 radical (unpaired) electrons. The summed E-state index contributed by atoms with van der Waals surface area (Å²) >= 11 is 0. The van der Waals surface area contributed by atoms with Gasteiger partial charge in [0.05, 0.1) is 5.92 Å². The molecule has 118 valence electrons. The van der Waals surface area contributed by atoms with Gasteiger partial charge in [0.2, 0.25) is 0 Å². The van der Waals surface area contributed by atoms with Crippen LogP contribution >= 0.6 is 0 Å². The zero-order valence-corrected chi connectivity index (χ0v) is 13.4. The summed E-state index contributed by atoms with van der Waals surface area (Å²) in [5.41, 5.74) is 0.769. The van der Waals surface area contributed by atoms with Crippen molar-refractivity contribution in [2.24, 2.45) is 11.8 Å². The van der Waals surface area contributed by atoms with Gasteiger partial charge in [0.15, 0.2) is 0 Å². The maximum Gasteiger partial charge on any atom is 0.410 e. The molecule has 0 bridgehead atoms. The van der Waals surface area contributed by atoms with Gasteiger partial charge in [0.25, 0.3) is 0 Å². The molecular formula is C18H23NO3. The van der Waals surface area contributed by atoms with E-state index in [0.29, 0.717) is 24.8 Å². The van der Waals surface area contributed by atoms with Gasteiger partial charge in [-0.1, -0.05) is 30.3 Å². The summed E-state index contributed by atoms with van der Waals surface area (Å²) in [5, 5.41) is 0. The maximum absolute atomic E-state index is 12.4. The summed E-state index contributed by atoms with van der Waals surface area (Å²) in [6.45, 7) is 6.56. The molecule has 22 heavy (non-hydrogen) atoms. The van der Waals surface area contributed by atoms with E-state index in [0.717, 1.165) is 6.42 Å². The lowest BCUT2D eigenvalue weighted by Crippen LogP contribution is -2.54. The molecule has 0 N–H and O–H groups in total. The maximum atomic E-state index is 12.4. The van der Waals surface area contributed by atoms with Gasteiger partial charge < -0.3 is 9.64 Å². The fourth-order valence-corrected chi connectivity index (χ4v) is 3.01. The zero-order chi connectivity index (χ0) is 15.9. The normalized spacial score (nSPS) is 24.6. The van der Waals surface area contributed by atoms with E-state index in [1.807, 2.05) is 39.0 Å². The topological polar surface area (TPSA) is 46.6 Å². The molecule has 0 unspecified atom stereocenters. The van der Waals surface area contributed by atoms with Gasteiger partial charge in [-0.2, -0.15) is 0 Å². The molecule has 1 saturated heterocycles. The summed E-state index contributed by atoms with van der Waals surface area (Å²) in [5.74, 6) is 0.831. The van der Waals surface area contributed by atoms with Gasteiger partial charge in [-0.05, 0) is 38.7 Å². The van der Waals surface area contributed by atoms with E-state index in [-0.39, 0.29) is 17.9 Å². The number of Topliss-reactive ketones (excluding diaryl/α,β-unsaturated/α-hetero) is 1. The van der Waals surface area contributed by atoms with Gasteiger partial charge in [-0.3, -0.25) is 4.79 Å². The highest BCUT2D eigenvalue weighted by Gasteiger charge is 2.49. The molecule has 1 amide bonds. The molecule has 0 spiro atoms. The van der Waals surface area contributed by atoms with Gasteiger partial charge >= 0.3 is 6.09 Å². The molecule has 2 atom stereocenters. The van der Waals surface area contributed by atoms with E-state index in [9.17, 15) is 9.59 Å². The molecule has 2 aliphatic rings. The summed E-state index contributed by atoms with van der Waals surface area (Å²) in [6.07, 6.45) is 0.637. The first-order chi connectivity index (χ1) is 10.3. The van der Waals surface area contributed by atoms with E-state index in [1.54, 1.807) is 4.90 Å². The first-order valence-electron chi connectivity index (χ1n) is 7.92. The van der Waals surface area contributed by atoms with Gasteiger partial charge in [-0.15, -0.1) is 0 Å². The minimum absolute atomic E-state index is 0.00812. The first kappa shape index (κ1) is 15.1. The Bertz CT molecular complexity index is 570. The van der Waals surface area contributed by atoms with Gasteiger partial charge in [0.1, 0.15) is 11.4 Å². The lowest BCUT2D eigenvalue weighted by molar-refractivity contribution is -0.128. The highest BCUT2D eigenvalue weighted by atomic mass is 16.6. The minimum atomic E-state index is -0.485. The molecule has 1 heterocycles. The number of rotatable bonds is 3. The van der Waals surface area contributed by atoms with Crippen LogP contribution in [0, 0.1) is 11.8 Å². The zero-order valence-electron chi connectivity index (χ0n) is 13.4. The van der Waals surface area contributed by atoms with Crippen LogP contribution in [0.1, 0.15) is 38.7 Å². The Labute approximate surface area is 131 Å². The second kappa shape index (κ2) is 5.41. The van der Waals surface area contributed by atoms with Crippen molar-refractivity contribution in [3.8, 4) is 0 Å². The second-order valence-electron chi connectivity index (χ2n) is 7.34. The van der Waals surface area contributed by atoms with Crippen molar-refractivity contribution in [2.75, 3.05) is 13.1 Å². The van der Waals surface area contributed by atoms with Crippen molar-refractivity contribution in [2.45, 2.75) is 38.7 Å². The second-order valence-corrected chi connectivity index (χ2v) is 7.34. The summed E-state index contributed by atoms with van der Waals surface area (Å²) < 4.78 is 5.31. The van der Waals surface area contributed by atoms with Crippen LogP contribution in [0.25, 0.3) is 0 Å². The molecule has 1 aromatic rings. The average Bonchev–Trinajstić information content (AvgIpc) is 3.15. The van der Waals surface area contributed by atoms with E-state index in [4.69, 9.17) is 4.74 Å². The molecule has 1 aliphatic heterocycles. The fourth-order valence-electron chi connectivity index (χ4n) is 3.01. The Hall–Kier alpha value is -1.84. The van der Waals surface area contributed by atoms with Crippen molar-refractivity contribution in [3.05, 3.63) is 35.9 Å². The van der Waals surface area contributed by atoms with Crippen LogP contribution in [0.15, 0.2) is 30.3 Å². The number of amides is 1. The summed E-state index contributed by atoms with van der Waals surface area (Å²) in [7, 11) is 0. The average molecular weight is 301 g/mol. The Morgan fingerprint density at radius 3 is 2.36 bits per heavy atom. The van der Waals surface area contributed by atoms with Crippen molar-refractivity contribution in [3.63, 3.8) is 0 Å². The standard InChI is InChI=1S/C18H23NO3/c1-18(2,3)22-17(21)19-10-13(11-19)16(20)15-9-14(15)12-7-5-4-6-8-12/h4-8,13-15H,9-11H2,1-3H3/t14-,15+/m0/s1. The summed E-state index contributed by atoms with van der Waals surface area (Å²) in [4.78, 5) is 25.9. The number of hydrogen-bond acceptors (Lipinski definition) is 3. The van der Waals surface area contributed by atoms with Crippen LogP contribution in [0.2, 0.25) is 0 Å². The fraction of sp³-hybridized carbons (Fsp3) is 0.556. The molecule has 1 aromatic carbocycles. The molecule has 4 nitrogen and oxygen atoms in total. The number of ketones is 1. The largest absolute Gasteiger partial charge is 0.444 e. The summed E-state index contributed by atoms with van der Waals surface area (Å²) in [6, 6.07) is 10.2. The Morgan fingerprint density at radius 1 is 1.14 bits per heavy atom. The number of benzene rings is 1. The molecule has 4 heteroatoms. The molecule has 3 rings (SSSR count). The third-order valence-electron chi connectivity index (χ3n) is 4.32. The SMILES string of the molecule is CC(C)(C)OC(=O)N1CC(C(=O)[C@@H]2C[C@H]2c2ccccc2)C1. The lowest BCUT2D eigenvalue weighted by atomic mass is 9.91. The highest BCUT2D eigenvalue weighted by molar-refractivity contribution is 5.89. The van der Waals surface area contributed by atoms with Crippen LogP contribution in [0.5, 0.6) is 0 Å². The molecule has 0 aromatic heterocycles. The number of nitrogens with zero attached hydrogens (tertiary/aromatic N) is 1. The smallest absolute Gasteiger partial charge is 0.410 e. The van der Waals surface area contributed by atoms with Crippen LogP contribution in [-0.4, -0.2) is 35.5 Å². The lowest BCUT2D eigenvalue weighted by Gasteiger charge is -2.39. The Morgan fingerprint density at radius 2 is 1.77 bits per heavy atom. The van der Waals surface area contributed by atoms with E-state index >= 15 is 0 Å². The van der Waals surface area contributed by atoms with Crippen LogP contribution < -0.4 is 0 Å². The third-order valence-corrected chi connectivity index (χ3v) is 4.32. The Balaban J connectivity index is 1.48. The number of carbonyl (C=O) groups is 2. The predicted molar refractivity (Wildman–Crippen MR) is 83.6 cm³/mol. The third kappa shape index (κ3) is 3.16. The monoisotopic (exact) mass is 301 g/mol. The van der Waals surface area contributed by atoms with Crippen LogP contribution in [0.3, 0.4) is 0 Å². The van der Waals surface area contributed by atoms with Gasteiger partial charge in [-0.25, -0.2) is 4.79 Å². The first-order valence-corrected chi connectivity index (χ1v) is 7.92. The van der Waals surface area contributed by atoms with Crippen molar-refractivity contribution in [1.82, 2.24) is 4.90 Å². The molecule has 2 fully saturated rings. The van der Waals surface area contributed by atoms with E-state index < -0.39 is 5.60 Å². The number of ether oxygens (including phenoxy) is 1. The number of carbonyl (C=O) groups excluding carboxylic acids is 2. The highest BCUT2D eigenvalue weighted by Crippen LogP contribution is 2.49. The van der Waals surface area contributed by atoms with E-state index in [2.05, 4.69) is 12.1 Å². The number of hydrogen-bond donors (Lipinski definition) is 0. The number of likely N-dealkylation sites (tertiary alicyclic amines) is 1. The van der Waals surface area contributed by atoms with Gasteiger partial charge in [0, 0.05) is 19.0 Å². The molecular weight excluding hydrogens is 278 g/mol. The van der Waals surface area contributed by atoms with Crippen molar-refractivity contribution < 1.29 is 14.3 Å².